The zero-order valence-electron chi connectivity index (χ0n) is 23.9. The van der Waals surface area contributed by atoms with Gasteiger partial charge in [-0.25, -0.2) is 8.78 Å². The number of halogens is 2. The second-order valence-electron chi connectivity index (χ2n) is 10.3. The predicted octanol–water partition coefficient (Wildman–Crippen LogP) is 9.35. The van der Waals surface area contributed by atoms with Crippen LogP contribution in [0.2, 0.25) is 0 Å². The average molecular weight is 571 g/mol. The summed E-state index contributed by atoms with van der Waals surface area (Å²) in [7, 11) is 0. The highest BCUT2D eigenvalue weighted by Crippen LogP contribution is 2.23. The maximum absolute atomic E-state index is 13.2. The Labute approximate surface area is 246 Å². The van der Waals surface area contributed by atoms with Crippen LogP contribution in [0.4, 0.5) is 8.78 Å². The van der Waals surface area contributed by atoms with E-state index in [0.29, 0.717) is 40.2 Å². The number of unbranched alkanes of at least 4 members (excludes halogenated alkanes) is 6. The van der Waals surface area contributed by atoms with E-state index < -0.39 is 17.9 Å². The molecule has 0 aromatic heterocycles. The first-order valence-corrected chi connectivity index (χ1v) is 14.6. The van der Waals surface area contributed by atoms with Crippen molar-refractivity contribution in [2.24, 2.45) is 0 Å². The second kappa shape index (κ2) is 15.6. The Morgan fingerprint density at radius 1 is 0.524 bits per heavy atom. The standard InChI is InChI=1S/C36H36F2O4/c1-2-3-4-5-6-7-8-9-34(41-32-22-14-28(15-23-32)35(39)26-10-18-30(37)19-11-26)42-33-24-16-29(17-25-33)36(40)27-12-20-31(38)21-13-27/h10-25,34H,2-9H2,1H3. The van der Waals surface area contributed by atoms with Crippen molar-refractivity contribution in [1.29, 1.82) is 0 Å². The van der Waals surface area contributed by atoms with Crippen LogP contribution in [0.5, 0.6) is 11.5 Å². The van der Waals surface area contributed by atoms with Crippen molar-refractivity contribution in [1.82, 2.24) is 0 Å². The molecule has 0 aliphatic carbocycles. The van der Waals surface area contributed by atoms with Gasteiger partial charge in [0.2, 0.25) is 6.29 Å². The maximum Gasteiger partial charge on any atom is 0.241 e. The number of ketones is 2. The summed E-state index contributed by atoms with van der Waals surface area (Å²) in [5.74, 6) is -0.0725. The van der Waals surface area contributed by atoms with Crippen LogP contribution in [0.3, 0.4) is 0 Å². The Kier molecular flexibility index (Phi) is 11.4. The van der Waals surface area contributed by atoms with E-state index in [0.717, 1.165) is 19.3 Å². The Hall–Kier alpha value is -4.32. The third-order valence-electron chi connectivity index (χ3n) is 7.02. The first-order chi connectivity index (χ1) is 20.4. The second-order valence-corrected chi connectivity index (χ2v) is 10.3. The van der Waals surface area contributed by atoms with Crippen molar-refractivity contribution in [3.8, 4) is 11.5 Å². The number of rotatable bonds is 16. The Balaban J connectivity index is 1.40. The highest BCUT2D eigenvalue weighted by molar-refractivity contribution is 6.09. The molecule has 0 saturated heterocycles. The molecule has 0 amide bonds. The molecule has 4 rings (SSSR count). The van der Waals surface area contributed by atoms with E-state index in [2.05, 4.69) is 6.92 Å². The number of benzene rings is 4. The van der Waals surface area contributed by atoms with Crippen molar-refractivity contribution in [3.05, 3.63) is 131 Å². The fourth-order valence-corrected chi connectivity index (χ4v) is 4.62. The van der Waals surface area contributed by atoms with Crippen molar-refractivity contribution >= 4 is 11.6 Å². The van der Waals surface area contributed by atoms with Gasteiger partial charge in [-0.3, -0.25) is 9.59 Å². The van der Waals surface area contributed by atoms with Crippen LogP contribution < -0.4 is 9.47 Å². The Morgan fingerprint density at radius 2 is 0.857 bits per heavy atom. The number of carbonyl (C=O) groups excluding carboxylic acids is 2. The van der Waals surface area contributed by atoms with Gasteiger partial charge in [-0.15, -0.1) is 0 Å². The minimum Gasteiger partial charge on any atom is -0.455 e. The maximum atomic E-state index is 13.2. The first kappa shape index (κ1) is 30.6. The molecule has 0 unspecified atom stereocenters. The van der Waals surface area contributed by atoms with Crippen LogP contribution in [0, 0.1) is 11.6 Å². The minimum atomic E-state index is -0.571. The topological polar surface area (TPSA) is 52.6 Å². The normalized spacial score (nSPS) is 11.0. The van der Waals surface area contributed by atoms with Gasteiger partial charge in [0.25, 0.3) is 0 Å². The molecule has 6 heteroatoms. The van der Waals surface area contributed by atoms with E-state index in [1.165, 1.54) is 74.2 Å². The van der Waals surface area contributed by atoms with E-state index in [4.69, 9.17) is 9.47 Å². The predicted molar refractivity (Wildman–Crippen MR) is 160 cm³/mol. The Bertz CT molecular complexity index is 1310. The highest BCUT2D eigenvalue weighted by atomic mass is 19.1. The van der Waals surface area contributed by atoms with Crippen molar-refractivity contribution in [2.45, 2.75) is 64.6 Å². The van der Waals surface area contributed by atoms with E-state index in [1.54, 1.807) is 48.5 Å². The van der Waals surface area contributed by atoms with E-state index in [-0.39, 0.29) is 11.6 Å². The molecular formula is C36H36F2O4. The van der Waals surface area contributed by atoms with Gasteiger partial charge in [-0.1, -0.05) is 45.4 Å². The molecule has 0 radical (unpaired) electrons. The summed E-state index contributed by atoms with van der Waals surface area (Å²) in [5, 5.41) is 0. The molecule has 4 aromatic rings. The van der Waals surface area contributed by atoms with Gasteiger partial charge >= 0.3 is 0 Å². The third kappa shape index (κ3) is 9.10. The van der Waals surface area contributed by atoms with Gasteiger partial charge in [-0.05, 0) is 103 Å². The van der Waals surface area contributed by atoms with Crippen molar-refractivity contribution in [2.75, 3.05) is 0 Å². The lowest BCUT2D eigenvalue weighted by Crippen LogP contribution is -2.24. The van der Waals surface area contributed by atoms with Crippen LogP contribution in [0.15, 0.2) is 97.1 Å². The SMILES string of the molecule is CCCCCCCCCC(Oc1ccc(C(=O)c2ccc(F)cc2)cc1)Oc1ccc(C(=O)c2ccc(F)cc2)cc1. The fraction of sp³-hybridized carbons (Fsp3) is 0.278. The van der Waals surface area contributed by atoms with Gasteiger partial charge in [0.1, 0.15) is 23.1 Å². The molecular weight excluding hydrogens is 534 g/mol. The summed E-state index contributed by atoms with van der Waals surface area (Å²) >= 11 is 0. The summed E-state index contributed by atoms with van der Waals surface area (Å²) in [6.07, 6.45) is 8.19. The summed E-state index contributed by atoms with van der Waals surface area (Å²) < 4.78 is 38.9. The lowest BCUT2D eigenvalue weighted by Gasteiger charge is -2.21. The largest absolute Gasteiger partial charge is 0.455 e. The molecule has 218 valence electrons. The molecule has 0 bridgehead atoms. The van der Waals surface area contributed by atoms with Gasteiger partial charge in [0.15, 0.2) is 11.6 Å². The Morgan fingerprint density at radius 3 is 1.24 bits per heavy atom. The summed E-state index contributed by atoms with van der Waals surface area (Å²) in [5.41, 5.74) is 1.76. The summed E-state index contributed by atoms with van der Waals surface area (Å²) in [6, 6.07) is 24.5. The smallest absolute Gasteiger partial charge is 0.241 e. The van der Waals surface area contributed by atoms with Crippen LogP contribution in [0.25, 0.3) is 0 Å². The van der Waals surface area contributed by atoms with E-state index in [9.17, 15) is 18.4 Å². The first-order valence-electron chi connectivity index (χ1n) is 14.6. The molecule has 0 N–H and O–H groups in total. The van der Waals surface area contributed by atoms with Crippen LogP contribution in [-0.2, 0) is 0 Å². The third-order valence-corrected chi connectivity index (χ3v) is 7.02. The number of carbonyl (C=O) groups is 2. The zero-order valence-corrected chi connectivity index (χ0v) is 23.9. The summed E-state index contributed by atoms with van der Waals surface area (Å²) in [4.78, 5) is 25.5. The lowest BCUT2D eigenvalue weighted by atomic mass is 10.0. The average Bonchev–Trinajstić information content (AvgIpc) is 3.01. The summed E-state index contributed by atoms with van der Waals surface area (Å²) in [6.45, 7) is 2.20. The fourth-order valence-electron chi connectivity index (χ4n) is 4.62. The number of hydrogen-bond acceptors (Lipinski definition) is 4. The molecule has 0 spiro atoms. The van der Waals surface area contributed by atoms with Crippen molar-refractivity contribution < 1.29 is 27.8 Å². The molecule has 0 aliphatic heterocycles. The van der Waals surface area contributed by atoms with Crippen LogP contribution >= 0.6 is 0 Å². The van der Waals surface area contributed by atoms with Gasteiger partial charge < -0.3 is 9.47 Å². The minimum absolute atomic E-state index is 0.201. The molecule has 0 aliphatic rings. The van der Waals surface area contributed by atoms with E-state index >= 15 is 0 Å². The van der Waals surface area contributed by atoms with Crippen LogP contribution in [0.1, 0.15) is 90.1 Å². The highest BCUT2D eigenvalue weighted by Gasteiger charge is 2.16. The molecule has 4 nitrogen and oxygen atoms in total. The van der Waals surface area contributed by atoms with E-state index in [1.807, 2.05) is 0 Å². The quantitative estimate of drug-likeness (QED) is 0.0765. The van der Waals surface area contributed by atoms with Gasteiger partial charge in [-0.2, -0.15) is 0 Å². The lowest BCUT2D eigenvalue weighted by molar-refractivity contribution is -0.00246. The monoisotopic (exact) mass is 570 g/mol. The van der Waals surface area contributed by atoms with Gasteiger partial charge in [0.05, 0.1) is 0 Å². The van der Waals surface area contributed by atoms with Crippen molar-refractivity contribution in [3.63, 3.8) is 0 Å². The van der Waals surface area contributed by atoms with Gasteiger partial charge in [0, 0.05) is 28.7 Å². The number of ether oxygens (including phenoxy) is 2. The number of hydrogen-bond donors (Lipinski definition) is 0. The molecule has 42 heavy (non-hydrogen) atoms. The molecule has 0 atom stereocenters. The zero-order chi connectivity index (χ0) is 29.7. The molecule has 0 fully saturated rings. The molecule has 0 heterocycles. The van der Waals surface area contributed by atoms with Crippen LogP contribution in [-0.4, -0.2) is 17.9 Å². The molecule has 4 aromatic carbocycles. The molecule has 0 saturated carbocycles.